The van der Waals surface area contributed by atoms with E-state index in [0.29, 0.717) is 24.0 Å². The van der Waals surface area contributed by atoms with Crippen LogP contribution >= 0.6 is 0 Å². The molecule has 0 bridgehead atoms. The molecule has 11 heteroatoms. The maximum absolute atomic E-state index is 13.9. The molecule has 0 aromatic heterocycles. The smallest absolute Gasteiger partial charge is 0.408 e. The molecule has 0 aliphatic carbocycles. The van der Waals surface area contributed by atoms with Gasteiger partial charge in [-0.05, 0) is 45.7 Å². The van der Waals surface area contributed by atoms with Gasteiger partial charge >= 0.3 is 12.1 Å². The van der Waals surface area contributed by atoms with Crippen LogP contribution in [0.25, 0.3) is 0 Å². The van der Waals surface area contributed by atoms with Crippen molar-refractivity contribution in [3.05, 3.63) is 35.4 Å². The number of primary amides is 1. The number of carbonyl (C=O) groups excluding carboxylic acids is 5. The molecule has 11 nitrogen and oxygen atoms in total. The average Bonchev–Trinajstić information content (AvgIpc) is 2.84. The van der Waals surface area contributed by atoms with Crippen molar-refractivity contribution in [3.63, 3.8) is 0 Å². The molecule has 0 saturated carbocycles. The van der Waals surface area contributed by atoms with Gasteiger partial charge in [-0.3, -0.25) is 19.2 Å². The molecule has 4 N–H and O–H groups in total. The van der Waals surface area contributed by atoms with E-state index < -0.39 is 53.9 Å². The maximum atomic E-state index is 13.9. The molecule has 0 fully saturated rings. The predicted molar refractivity (Wildman–Crippen MR) is 145 cm³/mol. The molecule has 214 valence electrons. The third-order valence-corrected chi connectivity index (χ3v) is 5.33. The van der Waals surface area contributed by atoms with Gasteiger partial charge in [-0.25, -0.2) is 4.79 Å². The molecule has 0 heterocycles. The molecule has 39 heavy (non-hydrogen) atoms. The Morgan fingerprint density at radius 2 is 1.79 bits per heavy atom. The average molecular weight is 545 g/mol. The third-order valence-electron chi connectivity index (χ3n) is 5.33. The summed E-state index contributed by atoms with van der Waals surface area (Å²) < 4.78 is 10.2. The number of nitrogens with zero attached hydrogens (tertiary/aromatic N) is 1. The Hall–Kier alpha value is -4.07. The first-order valence-corrected chi connectivity index (χ1v) is 12.9. The summed E-state index contributed by atoms with van der Waals surface area (Å²) in [5, 5.41) is 5.10. The number of terminal acetylenes is 1. The van der Waals surface area contributed by atoms with E-state index in [-0.39, 0.29) is 26.1 Å². The maximum Gasteiger partial charge on any atom is 0.408 e. The lowest BCUT2D eigenvalue weighted by Crippen LogP contribution is -2.54. The number of benzene rings is 1. The largest absolute Gasteiger partial charge is 0.466 e. The van der Waals surface area contributed by atoms with E-state index in [2.05, 4.69) is 16.6 Å². The molecule has 0 aliphatic heterocycles. The van der Waals surface area contributed by atoms with E-state index in [1.165, 1.54) is 4.90 Å². The lowest BCUT2D eigenvalue weighted by atomic mass is 9.97. The fraction of sp³-hybridized carbons (Fsp3) is 0.536. The van der Waals surface area contributed by atoms with Crippen molar-refractivity contribution in [2.24, 2.45) is 5.73 Å². The minimum absolute atomic E-state index is 0.0386. The summed E-state index contributed by atoms with van der Waals surface area (Å²) in [6.07, 6.45) is 5.38. The van der Waals surface area contributed by atoms with Gasteiger partial charge in [0.2, 0.25) is 17.7 Å². The number of alkyl carbamates (subject to hydrolysis) is 1. The Morgan fingerprint density at radius 3 is 2.36 bits per heavy atom. The molecule has 1 rings (SSSR count). The zero-order valence-electron chi connectivity index (χ0n) is 23.4. The van der Waals surface area contributed by atoms with Crippen LogP contribution in [0.1, 0.15) is 77.5 Å². The first kappa shape index (κ1) is 33.0. The first-order chi connectivity index (χ1) is 18.3. The van der Waals surface area contributed by atoms with E-state index in [4.69, 9.17) is 21.6 Å². The number of hydrogen-bond acceptors (Lipinski definition) is 7. The topological polar surface area (TPSA) is 157 Å². The minimum atomic E-state index is -1.40. The number of ether oxygens (including phenoxy) is 2. The fourth-order valence-corrected chi connectivity index (χ4v) is 3.68. The zero-order valence-corrected chi connectivity index (χ0v) is 23.4. The van der Waals surface area contributed by atoms with Crippen LogP contribution in [0, 0.1) is 12.3 Å². The lowest BCUT2D eigenvalue weighted by molar-refractivity contribution is -0.144. The van der Waals surface area contributed by atoms with E-state index in [1.54, 1.807) is 52.0 Å². The highest BCUT2D eigenvalue weighted by molar-refractivity contribution is 5.94. The van der Waals surface area contributed by atoms with Gasteiger partial charge in [-0.15, -0.1) is 6.42 Å². The zero-order chi connectivity index (χ0) is 29.6. The van der Waals surface area contributed by atoms with Crippen LogP contribution in [0.3, 0.4) is 0 Å². The van der Waals surface area contributed by atoms with Gasteiger partial charge in [0.15, 0.2) is 0 Å². The van der Waals surface area contributed by atoms with Gasteiger partial charge in [0, 0.05) is 18.7 Å². The Bertz CT molecular complexity index is 1060. The van der Waals surface area contributed by atoms with Crippen molar-refractivity contribution in [3.8, 4) is 12.3 Å². The van der Waals surface area contributed by atoms with Crippen LogP contribution in [0.2, 0.25) is 0 Å². The summed E-state index contributed by atoms with van der Waals surface area (Å²) in [5.74, 6) is -0.0973. The Balaban J connectivity index is 3.50. The molecular formula is C28H40N4O7. The molecule has 0 radical (unpaired) electrons. The van der Waals surface area contributed by atoms with Gasteiger partial charge in [0.05, 0.1) is 19.4 Å². The van der Waals surface area contributed by atoms with Crippen LogP contribution in [0.4, 0.5) is 4.79 Å². The summed E-state index contributed by atoms with van der Waals surface area (Å²) in [7, 11) is 0. The van der Waals surface area contributed by atoms with Crippen molar-refractivity contribution >= 4 is 29.8 Å². The third kappa shape index (κ3) is 11.5. The highest BCUT2D eigenvalue weighted by Crippen LogP contribution is 2.26. The predicted octanol–water partition coefficient (Wildman–Crippen LogP) is 2.18. The number of hydrogen-bond donors (Lipinski definition) is 3. The van der Waals surface area contributed by atoms with Gasteiger partial charge in [-0.2, -0.15) is 0 Å². The SMILES string of the molecule is C#Cc1ccccc1C(C(=O)NCCC(=O)OCC)N(CCCC)C(=O)C(CC(N)=O)NC(=O)OC(C)(C)C. The lowest BCUT2D eigenvalue weighted by Gasteiger charge is -2.34. The molecule has 0 saturated heterocycles. The number of esters is 1. The van der Waals surface area contributed by atoms with E-state index in [9.17, 15) is 24.0 Å². The van der Waals surface area contributed by atoms with Gasteiger partial charge in [-0.1, -0.05) is 37.5 Å². The van der Waals surface area contributed by atoms with Crippen LogP contribution in [-0.4, -0.2) is 66.0 Å². The molecule has 1 aromatic carbocycles. The second-order valence-corrected chi connectivity index (χ2v) is 9.73. The van der Waals surface area contributed by atoms with Crippen molar-refractivity contribution in [2.45, 2.75) is 78.0 Å². The second kappa shape index (κ2) is 16.0. The molecule has 0 aliphatic rings. The number of amides is 4. The van der Waals surface area contributed by atoms with Crippen molar-refractivity contribution in [2.75, 3.05) is 19.7 Å². The summed E-state index contributed by atoms with van der Waals surface area (Å²) in [4.78, 5) is 64.9. The van der Waals surface area contributed by atoms with Gasteiger partial charge < -0.3 is 30.7 Å². The number of carbonyl (C=O) groups is 5. The first-order valence-electron chi connectivity index (χ1n) is 12.9. The summed E-state index contributed by atoms with van der Waals surface area (Å²) in [6, 6.07) is 4.01. The molecule has 1 aromatic rings. The molecule has 2 unspecified atom stereocenters. The molecule has 2 atom stereocenters. The summed E-state index contributed by atoms with van der Waals surface area (Å²) in [5.41, 5.74) is 5.28. The van der Waals surface area contributed by atoms with E-state index in [0.717, 1.165) is 0 Å². The van der Waals surface area contributed by atoms with Crippen LogP contribution in [-0.2, 0) is 28.7 Å². The summed E-state index contributed by atoms with van der Waals surface area (Å²) >= 11 is 0. The van der Waals surface area contributed by atoms with Crippen LogP contribution < -0.4 is 16.4 Å². The highest BCUT2D eigenvalue weighted by atomic mass is 16.6. The van der Waals surface area contributed by atoms with Crippen LogP contribution in [0.5, 0.6) is 0 Å². The monoisotopic (exact) mass is 544 g/mol. The standard InChI is InChI=1S/C28H40N4O7/c1-7-10-17-32(26(36)21(18-22(29)33)31-27(37)39-28(4,5)6)24(20-14-12-11-13-19(20)8-2)25(35)30-16-15-23(34)38-9-3/h2,11-14,21,24H,7,9-10,15-18H2,1,3-6H3,(H2,29,33)(H,30,35)(H,31,37). The normalized spacial score (nSPS) is 12.3. The quantitative estimate of drug-likeness (QED) is 0.239. The molecule has 4 amide bonds. The van der Waals surface area contributed by atoms with Crippen LogP contribution in [0.15, 0.2) is 24.3 Å². The van der Waals surface area contributed by atoms with E-state index in [1.807, 2.05) is 6.92 Å². The van der Waals surface area contributed by atoms with Gasteiger partial charge in [0.25, 0.3) is 0 Å². The Kier molecular flexibility index (Phi) is 13.5. The van der Waals surface area contributed by atoms with Crippen molar-refractivity contribution in [1.82, 2.24) is 15.5 Å². The number of nitrogens with two attached hydrogens (primary N) is 1. The minimum Gasteiger partial charge on any atom is -0.466 e. The number of nitrogens with one attached hydrogen (secondary N) is 2. The molecule has 0 spiro atoms. The number of rotatable bonds is 14. The highest BCUT2D eigenvalue weighted by Gasteiger charge is 2.37. The Labute approximate surface area is 230 Å². The van der Waals surface area contributed by atoms with E-state index >= 15 is 0 Å². The Morgan fingerprint density at radius 1 is 1.13 bits per heavy atom. The molecular weight excluding hydrogens is 504 g/mol. The fourth-order valence-electron chi connectivity index (χ4n) is 3.68. The number of unbranched alkanes of at least 4 members (excludes halogenated alkanes) is 1. The van der Waals surface area contributed by atoms with Gasteiger partial charge in [0.1, 0.15) is 17.7 Å². The van der Waals surface area contributed by atoms with Crippen molar-refractivity contribution < 1.29 is 33.4 Å². The van der Waals surface area contributed by atoms with Crippen molar-refractivity contribution in [1.29, 1.82) is 0 Å². The summed E-state index contributed by atoms with van der Waals surface area (Å²) in [6.45, 7) is 8.81. The second-order valence-electron chi connectivity index (χ2n) is 9.73.